The number of rotatable bonds is 18. The molecule has 0 rings (SSSR count). The third-order valence-corrected chi connectivity index (χ3v) is 6.58. The van der Waals surface area contributed by atoms with Crippen molar-refractivity contribution in [3.05, 3.63) is 0 Å². The second-order valence-electron chi connectivity index (χ2n) is 11.6. The number of nitrogens with zero attached hydrogens (tertiary/aromatic N) is 1. The van der Waals surface area contributed by atoms with Gasteiger partial charge in [0.15, 0.2) is 5.37 Å². The summed E-state index contributed by atoms with van der Waals surface area (Å²) in [6.07, 6.45) is 13.7. The number of carbonyl (C=O) groups is 3. The summed E-state index contributed by atoms with van der Waals surface area (Å²) in [4.78, 5) is 39.8. The summed E-state index contributed by atoms with van der Waals surface area (Å²) in [7, 11) is 0. The first-order valence-electron chi connectivity index (χ1n) is 14.4. The maximum atomic E-state index is 13.0. The normalized spacial score (nSPS) is 12.6. The van der Waals surface area contributed by atoms with Gasteiger partial charge in [-0.15, -0.1) is 11.8 Å². The maximum absolute atomic E-state index is 13.0. The first-order valence-corrected chi connectivity index (χ1v) is 15.4. The van der Waals surface area contributed by atoms with Crippen LogP contribution in [0.2, 0.25) is 0 Å². The minimum atomic E-state index is -1.16. The van der Waals surface area contributed by atoms with Gasteiger partial charge in [0.2, 0.25) is 0 Å². The van der Waals surface area contributed by atoms with Gasteiger partial charge in [-0.2, -0.15) is 4.90 Å². The van der Waals surface area contributed by atoms with Crippen LogP contribution < -0.4 is 0 Å². The van der Waals surface area contributed by atoms with E-state index in [1.807, 2.05) is 6.92 Å². The number of ether oxygens (including phenoxy) is 3. The highest BCUT2D eigenvalue weighted by Gasteiger charge is 2.41. The fraction of sp³-hybridized carbons (Fsp3) is 0.897. The molecule has 0 spiro atoms. The number of carbonyl (C=O) groups excluding carboxylic acids is 3. The van der Waals surface area contributed by atoms with E-state index in [1.165, 1.54) is 69.5 Å². The highest BCUT2D eigenvalue weighted by Crippen LogP contribution is 2.25. The van der Waals surface area contributed by atoms with Crippen molar-refractivity contribution in [2.24, 2.45) is 0 Å². The van der Waals surface area contributed by atoms with Gasteiger partial charge in [0.05, 0.1) is 6.61 Å². The van der Waals surface area contributed by atoms with Crippen LogP contribution in [0, 0.1) is 0 Å². The third-order valence-electron chi connectivity index (χ3n) is 5.34. The molecule has 1 atom stereocenters. The lowest BCUT2D eigenvalue weighted by molar-refractivity contribution is -0.146. The van der Waals surface area contributed by atoms with E-state index < -0.39 is 34.7 Å². The lowest BCUT2D eigenvalue weighted by Crippen LogP contribution is -2.51. The van der Waals surface area contributed by atoms with Crippen LogP contribution >= 0.6 is 11.8 Å². The highest BCUT2D eigenvalue weighted by molar-refractivity contribution is 8.00. The zero-order valence-corrected chi connectivity index (χ0v) is 25.8. The van der Waals surface area contributed by atoms with Gasteiger partial charge >= 0.3 is 18.2 Å². The number of thioether (sulfide) groups is 1. The fourth-order valence-corrected chi connectivity index (χ4v) is 4.67. The Morgan fingerprint density at radius 3 is 1.43 bits per heavy atom. The average molecular weight is 546 g/mol. The Labute approximate surface area is 231 Å². The molecule has 0 saturated carbocycles. The van der Waals surface area contributed by atoms with Crippen LogP contribution in [0.4, 0.5) is 9.59 Å². The van der Waals surface area contributed by atoms with Crippen LogP contribution in [0.3, 0.4) is 0 Å². The van der Waals surface area contributed by atoms with Crippen molar-refractivity contribution < 1.29 is 28.6 Å². The molecule has 0 aliphatic heterocycles. The van der Waals surface area contributed by atoms with Crippen LogP contribution in [0.1, 0.15) is 139 Å². The van der Waals surface area contributed by atoms with Gasteiger partial charge in [0.25, 0.3) is 0 Å². The van der Waals surface area contributed by atoms with Crippen molar-refractivity contribution >= 4 is 29.9 Å². The number of unbranched alkanes of at least 4 members (excludes halogenated alkanes) is 11. The molecule has 0 radical (unpaired) electrons. The molecular formula is C29H55NO6S. The van der Waals surface area contributed by atoms with Crippen molar-refractivity contribution in [2.75, 3.05) is 12.4 Å². The number of hydrogen-bond acceptors (Lipinski definition) is 7. The molecule has 8 heteroatoms. The molecule has 0 heterocycles. The van der Waals surface area contributed by atoms with Crippen LogP contribution in [0.15, 0.2) is 0 Å². The molecule has 218 valence electrons. The van der Waals surface area contributed by atoms with Crippen molar-refractivity contribution in [1.82, 2.24) is 4.90 Å². The largest absolute Gasteiger partial charge is 0.464 e. The minimum Gasteiger partial charge on any atom is -0.464 e. The lowest BCUT2D eigenvalue weighted by atomic mass is 10.1. The molecule has 0 aromatic heterocycles. The summed E-state index contributed by atoms with van der Waals surface area (Å²) in [6, 6.07) is 0. The van der Waals surface area contributed by atoms with E-state index in [9.17, 15) is 14.4 Å². The van der Waals surface area contributed by atoms with Gasteiger partial charge in [-0.05, 0) is 60.1 Å². The summed E-state index contributed by atoms with van der Waals surface area (Å²) in [5, 5.41) is -1.16. The Balaban J connectivity index is 4.93. The second kappa shape index (κ2) is 19.6. The van der Waals surface area contributed by atoms with Crippen molar-refractivity contribution in [3.63, 3.8) is 0 Å². The van der Waals surface area contributed by atoms with E-state index in [0.717, 1.165) is 24.2 Å². The molecule has 0 aromatic carbocycles. The van der Waals surface area contributed by atoms with Crippen LogP contribution in [0.25, 0.3) is 0 Å². The second-order valence-corrected chi connectivity index (χ2v) is 12.8. The van der Waals surface area contributed by atoms with E-state index in [2.05, 4.69) is 6.92 Å². The average Bonchev–Trinajstić information content (AvgIpc) is 2.77. The molecule has 2 amide bonds. The summed E-state index contributed by atoms with van der Waals surface area (Å²) in [5.74, 6) is -0.0201. The lowest BCUT2D eigenvalue weighted by Gasteiger charge is -2.32. The van der Waals surface area contributed by atoms with Gasteiger partial charge in [0.1, 0.15) is 11.2 Å². The van der Waals surface area contributed by atoms with E-state index in [1.54, 1.807) is 41.5 Å². The molecule has 0 saturated heterocycles. The number of imide groups is 1. The maximum Gasteiger partial charge on any atom is 0.421 e. The SMILES string of the molecule is CCCCCCCCCCCCCCSC(C(=O)OCCC)N(C(=O)OC(C)(C)C)C(=O)OC(C)(C)C. The van der Waals surface area contributed by atoms with E-state index in [0.29, 0.717) is 12.2 Å². The van der Waals surface area contributed by atoms with Crippen LogP contribution in [-0.4, -0.2) is 52.0 Å². The zero-order chi connectivity index (χ0) is 28.3. The Morgan fingerprint density at radius 1 is 0.649 bits per heavy atom. The summed E-state index contributed by atoms with van der Waals surface area (Å²) in [5.41, 5.74) is -1.68. The smallest absolute Gasteiger partial charge is 0.421 e. The predicted molar refractivity (Wildman–Crippen MR) is 153 cm³/mol. The van der Waals surface area contributed by atoms with E-state index >= 15 is 0 Å². The van der Waals surface area contributed by atoms with E-state index in [4.69, 9.17) is 14.2 Å². The third kappa shape index (κ3) is 19.3. The molecule has 0 aromatic rings. The Hall–Kier alpha value is -1.44. The summed E-state index contributed by atoms with van der Waals surface area (Å²) >= 11 is 1.23. The molecule has 7 nitrogen and oxygen atoms in total. The Kier molecular flexibility index (Phi) is 18.8. The van der Waals surface area contributed by atoms with Gasteiger partial charge in [-0.3, -0.25) is 0 Å². The molecule has 0 bridgehead atoms. The van der Waals surface area contributed by atoms with Crippen molar-refractivity contribution in [2.45, 2.75) is 155 Å². The molecule has 0 N–H and O–H groups in total. The molecule has 0 aliphatic carbocycles. The van der Waals surface area contributed by atoms with Gasteiger partial charge in [0, 0.05) is 0 Å². The molecule has 0 aliphatic rings. The first-order chi connectivity index (χ1) is 17.3. The van der Waals surface area contributed by atoms with Gasteiger partial charge in [-0.1, -0.05) is 84.5 Å². The predicted octanol–water partition coefficient (Wildman–Crippen LogP) is 8.87. The quantitative estimate of drug-likeness (QED) is 0.0736. The number of hydrogen-bond donors (Lipinski definition) is 0. The summed E-state index contributed by atoms with van der Waals surface area (Å²) in [6.45, 7) is 14.6. The molecule has 1 unspecified atom stereocenters. The minimum absolute atomic E-state index is 0.213. The van der Waals surface area contributed by atoms with Gasteiger partial charge in [-0.25, -0.2) is 14.4 Å². The van der Waals surface area contributed by atoms with Gasteiger partial charge < -0.3 is 14.2 Å². The molecule has 0 fully saturated rings. The zero-order valence-electron chi connectivity index (χ0n) is 25.0. The Bertz CT molecular complexity index is 613. The molecule has 37 heavy (non-hydrogen) atoms. The monoisotopic (exact) mass is 545 g/mol. The number of amides is 2. The number of esters is 1. The first kappa shape index (κ1) is 35.6. The Morgan fingerprint density at radius 2 is 1.05 bits per heavy atom. The molecular weight excluding hydrogens is 490 g/mol. The van der Waals surface area contributed by atoms with Crippen molar-refractivity contribution in [1.29, 1.82) is 0 Å². The standard InChI is InChI=1S/C29H55NO6S/c1-9-11-12-13-14-15-16-17-18-19-20-21-23-37-24(25(31)34-22-10-2)30(26(32)35-28(3,4)5)27(33)36-29(6,7)8/h24H,9-23H2,1-8H3. The summed E-state index contributed by atoms with van der Waals surface area (Å²) < 4.78 is 16.3. The van der Waals surface area contributed by atoms with Crippen molar-refractivity contribution in [3.8, 4) is 0 Å². The van der Waals surface area contributed by atoms with E-state index in [-0.39, 0.29) is 6.61 Å². The fourth-order valence-electron chi connectivity index (χ4n) is 3.55. The van der Waals surface area contributed by atoms with Crippen LogP contribution in [-0.2, 0) is 19.0 Å². The van der Waals surface area contributed by atoms with Crippen LogP contribution in [0.5, 0.6) is 0 Å². The topological polar surface area (TPSA) is 82.1 Å². The highest BCUT2D eigenvalue weighted by atomic mass is 32.2.